The first-order chi connectivity index (χ1) is 33.9. The van der Waals surface area contributed by atoms with E-state index in [4.69, 9.17) is 18.9 Å². The summed E-state index contributed by atoms with van der Waals surface area (Å²) in [6.07, 6.45) is 5.97. The number of carbonyl (C=O) groups excluding carboxylic acids is 2. The Hall–Kier alpha value is -7.84. The van der Waals surface area contributed by atoms with Crippen LogP contribution < -0.4 is 19.3 Å². The minimum absolute atomic E-state index is 0.0353. The highest BCUT2D eigenvalue weighted by atomic mass is 19.1. The van der Waals surface area contributed by atoms with E-state index < -0.39 is 23.3 Å². The molecule has 360 valence electrons. The summed E-state index contributed by atoms with van der Waals surface area (Å²) in [6.45, 7) is 4.59. The molecule has 2 aliphatic heterocycles. The number of hydrogen-bond donors (Lipinski definition) is 0. The second-order valence-electron chi connectivity index (χ2n) is 16.4. The van der Waals surface area contributed by atoms with Crippen LogP contribution in [0.15, 0.2) is 85.5 Å². The maximum absolute atomic E-state index is 15.1. The third kappa shape index (κ3) is 9.46. The van der Waals surface area contributed by atoms with E-state index in [-0.39, 0.29) is 75.6 Å². The number of aromatic nitrogens is 8. The molecule has 0 atom stereocenters. The molecule has 0 saturated carbocycles. The van der Waals surface area contributed by atoms with Crippen molar-refractivity contribution in [3.8, 4) is 34.3 Å². The van der Waals surface area contributed by atoms with Gasteiger partial charge in [-0.15, -0.1) is 0 Å². The van der Waals surface area contributed by atoms with Crippen LogP contribution in [0.3, 0.4) is 0 Å². The molecule has 0 N–H and O–H groups in total. The second-order valence-corrected chi connectivity index (χ2v) is 16.4. The van der Waals surface area contributed by atoms with E-state index in [2.05, 4.69) is 39.9 Å². The van der Waals surface area contributed by atoms with Gasteiger partial charge in [-0.05, 0) is 59.7 Å². The molecule has 0 radical (unpaired) electrons. The monoisotopic (exact) mass is 958 g/mol. The molecule has 0 amide bonds. The van der Waals surface area contributed by atoms with Crippen molar-refractivity contribution < 1.29 is 46.1 Å². The van der Waals surface area contributed by atoms with Gasteiger partial charge in [0.1, 0.15) is 51.4 Å². The molecule has 70 heavy (non-hydrogen) atoms. The van der Waals surface area contributed by atoms with E-state index in [1.165, 1.54) is 79.8 Å². The lowest BCUT2D eigenvalue weighted by Crippen LogP contribution is -2.37. The number of carbonyl (C=O) groups is 2. The predicted octanol–water partition coefficient (Wildman–Crippen LogP) is 7.16. The van der Waals surface area contributed by atoms with E-state index in [1.54, 1.807) is 43.3 Å². The Morgan fingerprint density at radius 2 is 1.13 bits per heavy atom. The summed E-state index contributed by atoms with van der Waals surface area (Å²) in [7, 11) is 6.25. The van der Waals surface area contributed by atoms with Gasteiger partial charge in [0.25, 0.3) is 0 Å². The third-order valence-corrected chi connectivity index (χ3v) is 12.0. The van der Waals surface area contributed by atoms with E-state index in [0.29, 0.717) is 80.0 Å². The molecule has 0 bridgehead atoms. The van der Waals surface area contributed by atoms with Crippen LogP contribution in [0.4, 0.5) is 28.9 Å². The number of aryl methyl sites for hydroxylation is 2. The van der Waals surface area contributed by atoms with Gasteiger partial charge in [0.2, 0.25) is 0 Å². The van der Waals surface area contributed by atoms with Gasteiger partial charge in [-0.2, -0.15) is 10.2 Å². The number of benzene rings is 4. The van der Waals surface area contributed by atoms with Crippen molar-refractivity contribution in [2.75, 3.05) is 76.6 Å². The summed E-state index contributed by atoms with van der Waals surface area (Å²) in [5.74, 6) is -2.19. The lowest BCUT2D eigenvalue weighted by Gasteiger charge is -2.31. The first-order valence-electron chi connectivity index (χ1n) is 22.3. The summed E-state index contributed by atoms with van der Waals surface area (Å²) in [4.78, 5) is 47.7. The second kappa shape index (κ2) is 20.4. The lowest BCUT2D eigenvalue weighted by atomic mass is 10.0. The summed E-state index contributed by atoms with van der Waals surface area (Å²) in [5.41, 5.74) is 3.53. The molecule has 2 fully saturated rings. The largest absolute Gasteiger partial charge is 0.496 e. The highest BCUT2D eigenvalue weighted by Gasteiger charge is 2.27. The maximum atomic E-state index is 15.1. The number of methoxy groups -OCH3 is 2. The minimum Gasteiger partial charge on any atom is -0.496 e. The van der Waals surface area contributed by atoms with Gasteiger partial charge in [-0.3, -0.25) is 19.0 Å². The van der Waals surface area contributed by atoms with Crippen molar-refractivity contribution >= 4 is 44.7 Å². The zero-order valence-electron chi connectivity index (χ0n) is 38.6. The summed E-state index contributed by atoms with van der Waals surface area (Å²) in [6, 6.07) is 14.4. The Morgan fingerprint density at radius 3 is 1.63 bits per heavy atom. The average molecular weight is 959 g/mol. The first-order valence-corrected chi connectivity index (χ1v) is 22.3. The number of Topliss-reactive ketones (excluding diaryl/α,β-unsaturated/α-hetero) is 2. The Bertz CT molecular complexity index is 3120. The Kier molecular flexibility index (Phi) is 13.8. The summed E-state index contributed by atoms with van der Waals surface area (Å²) in [5, 5.41) is 9.74. The molecule has 2 aliphatic rings. The van der Waals surface area contributed by atoms with Crippen LogP contribution in [0.2, 0.25) is 0 Å². The highest BCUT2D eigenvalue weighted by molar-refractivity contribution is 6.02. The Balaban J connectivity index is 0.000000174. The summed E-state index contributed by atoms with van der Waals surface area (Å²) < 4.78 is 83.6. The van der Waals surface area contributed by atoms with E-state index in [0.717, 1.165) is 11.4 Å². The summed E-state index contributed by atoms with van der Waals surface area (Å²) >= 11 is 0. The molecule has 4 aromatic carbocycles. The number of fused-ring (bicyclic) bond motifs is 2. The average Bonchev–Trinajstić information content (AvgIpc) is 3.97. The fraction of sp³-hybridized carbons (Fsp3) is 0.280. The van der Waals surface area contributed by atoms with E-state index in [1.807, 2.05) is 0 Å². The molecule has 2 saturated heterocycles. The molecule has 0 aliphatic carbocycles. The smallest absolute Gasteiger partial charge is 0.185 e. The maximum Gasteiger partial charge on any atom is 0.185 e. The lowest BCUT2D eigenvalue weighted by molar-refractivity contribution is 0.0980. The molecule has 6 heterocycles. The SMILES string of the molecule is COc1cccc(F)c1-c1nccc(C(=O)Cc2cc(F)c3c(cnn3C)c2N2CCOCC2)n1.COc1cccc(F)c1-c1nccc(C(=O)Cc2cc(F)c3nn(C)cc3c2N2CCOCC2)n1. The third-order valence-electron chi connectivity index (χ3n) is 12.0. The molecular formula is C50H46F4N10O6. The fourth-order valence-corrected chi connectivity index (χ4v) is 8.83. The van der Waals surface area contributed by atoms with Crippen molar-refractivity contribution in [2.24, 2.45) is 14.1 Å². The molecule has 8 aromatic rings. The van der Waals surface area contributed by atoms with Crippen molar-refractivity contribution in [1.82, 2.24) is 39.5 Å². The standard InChI is InChI=1S/2C25H23F2N5O3/c1-31-14-16-23(30-31)18(27)12-15(24(16)32-8-10-35-11-9-32)13-20(33)19-6-7-28-25(29-19)22-17(26)4-3-5-21(22)34-2;1-31-24-16(14-29-31)23(32-8-10-35-11-9-32)15(12-18(24)27)13-20(33)19-6-7-28-25(30-19)22-17(26)4-3-5-21(22)34-2/h2*3-7,12,14H,8-11,13H2,1-2H3. The van der Waals surface area contributed by atoms with Gasteiger partial charge < -0.3 is 28.7 Å². The number of nitrogens with zero attached hydrogens (tertiary/aromatic N) is 10. The van der Waals surface area contributed by atoms with Gasteiger partial charge >= 0.3 is 0 Å². The van der Waals surface area contributed by atoms with Gasteiger partial charge in [0.15, 0.2) is 29.0 Å². The van der Waals surface area contributed by atoms with Crippen LogP contribution in [-0.2, 0) is 36.4 Å². The molecule has 4 aromatic heterocycles. The van der Waals surface area contributed by atoms with Crippen LogP contribution in [0.1, 0.15) is 32.1 Å². The Morgan fingerprint density at radius 1 is 0.643 bits per heavy atom. The highest BCUT2D eigenvalue weighted by Crippen LogP contribution is 2.37. The number of halogens is 4. The number of ketones is 2. The molecule has 0 spiro atoms. The van der Waals surface area contributed by atoms with Gasteiger partial charge in [-0.25, -0.2) is 37.5 Å². The van der Waals surface area contributed by atoms with Crippen LogP contribution in [0, 0.1) is 23.3 Å². The van der Waals surface area contributed by atoms with Gasteiger partial charge in [0, 0.05) is 82.5 Å². The number of rotatable bonds is 12. The van der Waals surface area contributed by atoms with E-state index in [9.17, 15) is 22.8 Å². The first kappa shape index (κ1) is 47.2. The van der Waals surface area contributed by atoms with Crippen molar-refractivity contribution in [2.45, 2.75) is 12.8 Å². The quantitative estimate of drug-likeness (QED) is 0.0895. The number of ether oxygens (including phenoxy) is 4. The predicted molar refractivity (Wildman–Crippen MR) is 251 cm³/mol. The molecule has 0 unspecified atom stereocenters. The Labute approximate surface area is 398 Å². The van der Waals surface area contributed by atoms with E-state index >= 15 is 4.39 Å². The number of morpholine rings is 2. The zero-order chi connectivity index (χ0) is 49.1. The molecule has 16 nitrogen and oxygen atoms in total. The number of anilines is 2. The van der Waals surface area contributed by atoms with Gasteiger partial charge in [-0.1, -0.05) is 12.1 Å². The van der Waals surface area contributed by atoms with Gasteiger partial charge in [0.05, 0.1) is 69.3 Å². The molecule has 20 heteroatoms. The van der Waals surface area contributed by atoms with Crippen LogP contribution in [-0.4, -0.2) is 118 Å². The fourth-order valence-electron chi connectivity index (χ4n) is 8.83. The topological polar surface area (TPSA) is 165 Å². The van der Waals surface area contributed by atoms with Crippen LogP contribution in [0.25, 0.3) is 44.6 Å². The van der Waals surface area contributed by atoms with Crippen molar-refractivity contribution in [3.05, 3.63) is 131 Å². The molecule has 10 rings (SSSR count). The van der Waals surface area contributed by atoms with Crippen LogP contribution in [0.5, 0.6) is 11.5 Å². The molecular weight excluding hydrogens is 913 g/mol. The normalized spacial score (nSPS) is 13.9. The minimum atomic E-state index is -0.562. The van der Waals surface area contributed by atoms with Crippen molar-refractivity contribution in [1.29, 1.82) is 0 Å². The zero-order valence-corrected chi connectivity index (χ0v) is 38.6. The van der Waals surface area contributed by atoms with Crippen LogP contribution >= 0.6 is 0 Å². The van der Waals surface area contributed by atoms with Crippen molar-refractivity contribution in [3.63, 3.8) is 0 Å². The number of hydrogen-bond acceptors (Lipinski definition) is 14.